The molecule has 1 aliphatic carbocycles. The van der Waals surface area contributed by atoms with Crippen LogP contribution in [0.1, 0.15) is 60.4 Å². The van der Waals surface area contributed by atoms with E-state index in [1.54, 1.807) is 17.0 Å². The molecule has 6 rings (SSSR count). The molecule has 1 aromatic carbocycles. The number of carbonyl (C=O) groups is 2. The molecule has 44 heavy (non-hydrogen) atoms. The number of hydrogen-bond acceptors (Lipinski definition) is 8. The van der Waals surface area contributed by atoms with Crippen molar-refractivity contribution in [2.75, 3.05) is 59.0 Å². The van der Waals surface area contributed by atoms with Crippen LogP contribution in [0.5, 0.6) is 0 Å². The summed E-state index contributed by atoms with van der Waals surface area (Å²) in [6, 6.07) is 4.75. The molecule has 4 aliphatic heterocycles. The summed E-state index contributed by atoms with van der Waals surface area (Å²) in [7, 11) is 0. The first-order valence-corrected chi connectivity index (χ1v) is 16.3. The second-order valence-corrected chi connectivity index (χ2v) is 13.1. The van der Waals surface area contributed by atoms with Crippen LogP contribution in [0.25, 0.3) is 0 Å². The van der Waals surface area contributed by atoms with E-state index in [4.69, 9.17) is 16.2 Å². The van der Waals surface area contributed by atoms with Crippen LogP contribution < -0.4 is 27.4 Å². The minimum atomic E-state index is -0.998. The molecule has 0 radical (unpaired) electrons. The summed E-state index contributed by atoms with van der Waals surface area (Å²) < 4.78 is 35.5. The first-order valence-electron chi connectivity index (χ1n) is 16.3. The molecular weight excluding hydrogens is 568 g/mol. The van der Waals surface area contributed by atoms with Crippen LogP contribution in [0, 0.1) is 17.7 Å². The third-order valence-electron chi connectivity index (χ3n) is 10.4. The Bertz CT molecular complexity index is 1230. The lowest BCUT2D eigenvalue weighted by molar-refractivity contribution is -0.125. The van der Waals surface area contributed by atoms with Gasteiger partial charge in [0.05, 0.1) is 25.4 Å². The van der Waals surface area contributed by atoms with Crippen molar-refractivity contribution in [1.82, 2.24) is 25.8 Å². The lowest BCUT2D eigenvalue weighted by atomic mass is 9.84. The Kier molecular flexibility index (Phi) is 9.82. The highest BCUT2D eigenvalue weighted by atomic mass is 19.1. The van der Waals surface area contributed by atoms with Gasteiger partial charge in [0.1, 0.15) is 17.9 Å². The maximum absolute atomic E-state index is 15.7. The molecule has 4 fully saturated rings. The van der Waals surface area contributed by atoms with Crippen molar-refractivity contribution in [2.24, 2.45) is 23.3 Å². The lowest BCUT2D eigenvalue weighted by Crippen LogP contribution is -2.57. The number of benzene rings is 1. The fraction of sp³-hybridized carbons (Fsp3) is 0.688. The average Bonchev–Trinajstić information content (AvgIpc) is 3.44. The Morgan fingerprint density at radius 1 is 1.05 bits per heavy atom. The molecule has 7 N–H and O–H groups in total. The summed E-state index contributed by atoms with van der Waals surface area (Å²) in [6.45, 7) is 5.51. The molecule has 5 atom stereocenters. The molecule has 0 aromatic heterocycles. The monoisotopic (exact) mass is 615 g/mol. The first-order chi connectivity index (χ1) is 21.3. The van der Waals surface area contributed by atoms with Crippen molar-refractivity contribution in [3.63, 3.8) is 0 Å². The van der Waals surface area contributed by atoms with Crippen LogP contribution >= 0.6 is 0 Å². The third kappa shape index (κ3) is 6.64. The number of ether oxygens (including phenoxy) is 1. The van der Waals surface area contributed by atoms with Gasteiger partial charge in [-0.3, -0.25) is 14.5 Å². The van der Waals surface area contributed by atoms with E-state index in [0.29, 0.717) is 61.9 Å². The van der Waals surface area contributed by atoms with Crippen LogP contribution in [-0.2, 0) is 9.53 Å². The quantitative estimate of drug-likeness (QED) is 0.289. The number of nitrogens with two attached hydrogens (primary N) is 2. The molecule has 5 unspecified atom stereocenters. The highest BCUT2D eigenvalue weighted by Crippen LogP contribution is 2.39. The van der Waals surface area contributed by atoms with Gasteiger partial charge in [-0.05, 0) is 74.3 Å². The molecule has 1 saturated carbocycles. The summed E-state index contributed by atoms with van der Waals surface area (Å²) in [6.07, 6.45) is 2.70. The summed E-state index contributed by atoms with van der Waals surface area (Å²) in [4.78, 5) is 31.2. The molecule has 2 amide bonds. The molecule has 4 heterocycles. The van der Waals surface area contributed by atoms with E-state index in [9.17, 15) is 14.0 Å². The largest absolute Gasteiger partial charge is 0.385 e. The topological polar surface area (TPSA) is 138 Å². The fourth-order valence-electron chi connectivity index (χ4n) is 7.74. The van der Waals surface area contributed by atoms with Crippen molar-refractivity contribution in [3.8, 4) is 0 Å². The van der Waals surface area contributed by atoms with Crippen LogP contribution in [0.2, 0.25) is 0 Å². The Morgan fingerprint density at radius 3 is 2.55 bits per heavy atom. The fourth-order valence-corrected chi connectivity index (χ4v) is 7.74. The van der Waals surface area contributed by atoms with Gasteiger partial charge in [-0.1, -0.05) is 6.07 Å². The molecule has 242 valence electrons. The van der Waals surface area contributed by atoms with Gasteiger partial charge >= 0.3 is 0 Å². The lowest BCUT2D eigenvalue weighted by Gasteiger charge is -2.42. The van der Waals surface area contributed by atoms with E-state index in [-0.39, 0.29) is 30.2 Å². The number of alkyl halides is 1. The predicted octanol–water partition coefficient (Wildman–Crippen LogP) is 1.18. The van der Waals surface area contributed by atoms with Gasteiger partial charge in [0.15, 0.2) is 0 Å². The Morgan fingerprint density at radius 2 is 1.84 bits per heavy atom. The SMILES string of the molecule is NC(N)C(C(=O)NC1CNCCC1c1ccc(C(=O)N2CCN(C3COC3)CC2)cc1F)/C1=C2\CCCC2CCC(F)CN1. The zero-order valence-electron chi connectivity index (χ0n) is 25.4. The number of allylic oxidation sites excluding steroid dienone is 1. The molecule has 10 nitrogen and oxygen atoms in total. The van der Waals surface area contributed by atoms with E-state index in [2.05, 4.69) is 20.9 Å². The van der Waals surface area contributed by atoms with Crippen molar-refractivity contribution >= 4 is 11.8 Å². The number of rotatable bonds is 7. The van der Waals surface area contributed by atoms with Crippen molar-refractivity contribution < 1.29 is 23.1 Å². The van der Waals surface area contributed by atoms with Gasteiger partial charge in [0, 0.05) is 62.5 Å². The van der Waals surface area contributed by atoms with Gasteiger partial charge in [-0.2, -0.15) is 0 Å². The second-order valence-electron chi connectivity index (χ2n) is 13.1. The van der Waals surface area contributed by atoms with E-state index in [1.165, 1.54) is 6.07 Å². The number of hydrogen-bond donors (Lipinski definition) is 5. The number of halogens is 2. The van der Waals surface area contributed by atoms with Crippen molar-refractivity contribution in [2.45, 2.75) is 68.9 Å². The van der Waals surface area contributed by atoms with E-state index < -0.39 is 30.1 Å². The normalized spacial score (nSPS) is 31.0. The van der Waals surface area contributed by atoms with Gasteiger partial charge in [0.25, 0.3) is 5.91 Å². The number of amides is 2. The number of piperazine rings is 1. The maximum Gasteiger partial charge on any atom is 0.254 e. The molecule has 1 aromatic rings. The highest BCUT2D eigenvalue weighted by Gasteiger charge is 2.38. The van der Waals surface area contributed by atoms with Gasteiger partial charge in [-0.25, -0.2) is 8.78 Å². The Hall–Kier alpha value is -2.64. The Balaban J connectivity index is 1.15. The van der Waals surface area contributed by atoms with E-state index in [1.807, 2.05) is 0 Å². The third-order valence-corrected chi connectivity index (χ3v) is 10.4. The highest BCUT2D eigenvalue weighted by molar-refractivity contribution is 5.94. The predicted molar refractivity (Wildman–Crippen MR) is 163 cm³/mol. The zero-order valence-corrected chi connectivity index (χ0v) is 25.4. The van der Waals surface area contributed by atoms with Crippen molar-refractivity contribution in [1.29, 1.82) is 0 Å². The molecular formula is C32H47F2N7O3. The minimum Gasteiger partial charge on any atom is -0.385 e. The number of fused-ring (bicyclic) bond motifs is 1. The number of nitrogens with one attached hydrogen (secondary N) is 3. The zero-order chi connectivity index (χ0) is 30.8. The molecule has 0 bridgehead atoms. The van der Waals surface area contributed by atoms with Crippen molar-refractivity contribution in [3.05, 3.63) is 46.4 Å². The minimum absolute atomic E-state index is 0.122. The average molecular weight is 616 g/mol. The molecule has 5 aliphatic rings. The van der Waals surface area contributed by atoms with E-state index >= 15 is 4.39 Å². The van der Waals surface area contributed by atoms with Crippen LogP contribution in [0.3, 0.4) is 0 Å². The molecule has 3 saturated heterocycles. The summed E-state index contributed by atoms with van der Waals surface area (Å²) in [5, 5.41) is 9.65. The second kappa shape index (κ2) is 13.8. The summed E-state index contributed by atoms with van der Waals surface area (Å²) in [5.41, 5.74) is 15.0. The van der Waals surface area contributed by atoms with Crippen LogP contribution in [-0.4, -0.2) is 105 Å². The Labute approximate surface area is 258 Å². The van der Waals surface area contributed by atoms with Crippen LogP contribution in [0.4, 0.5) is 8.78 Å². The van der Waals surface area contributed by atoms with Crippen LogP contribution in [0.15, 0.2) is 29.5 Å². The number of nitrogens with zero attached hydrogens (tertiary/aromatic N) is 2. The number of piperidine rings is 1. The van der Waals surface area contributed by atoms with E-state index in [0.717, 1.165) is 57.6 Å². The summed E-state index contributed by atoms with van der Waals surface area (Å²) in [5.74, 6) is -1.89. The molecule has 0 spiro atoms. The van der Waals surface area contributed by atoms with Gasteiger partial charge in [0.2, 0.25) is 5.91 Å². The standard InChI is InChI=1S/C32H47F2N7O3/c33-21-6-4-19-2-1-3-23(19)29(38-15-21)28(30(35)36)31(42)39-27-16-37-9-8-25(27)24-7-5-20(14-26(24)34)32(43)41-12-10-40(11-13-41)22-17-44-18-22/h5,7,14,19,21-22,25,27-28,30,37-38H,1-4,6,8-13,15-18,35-36H2,(H,39,42)/b29-23-. The maximum atomic E-state index is 15.7. The van der Waals surface area contributed by atoms with Gasteiger partial charge in [-0.15, -0.1) is 0 Å². The number of carbonyl (C=O) groups excluding carboxylic acids is 2. The smallest absolute Gasteiger partial charge is 0.254 e. The summed E-state index contributed by atoms with van der Waals surface area (Å²) >= 11 is 0. The first kappa shape index (κ1) is 31.3. The molecule has 12 heteroatoms. The van der Waals surface area contributed by atoms with Gasteiger partial charge < -0.3 is 37.1 Å².